The van der Waals surface area contributed by atoms with Crippen molar-refractivity contribution in [1.29, 1.82) is 0 Å². The van der Waals surface area contributed by atoms with Gasteiger partial charge in [-0.2, -0.15) is 0 Å². The first-order valence-corrected chi connectivity index (χ1v) is 7.74. The maximum absolute atomic E-state index is 12.4. The second-order valence-corrected chi connectivity index (χ2v) is 6.11. The quantitative estimate of drug-likeness (QED) is 0.759. The molecule has 120 valence electrons. The predicted octanol–water partition coefficient (Wildman–Crippen LogP) is 0.699. The molecule has 0 unspecified atom stereocenters. The average molecular weight is 298 g/mol. The first-order valence-electron chi connectivity index (χ1n) is 7.74. The van der Waals surface area contributed by atoms with Gasteiger partial charge in [0.25, 0.3) is 0 Å². The third kappa shape index (κ3) is 3.95. The zero-order valence-electron chi connectivity index (χ0n) is 13.0. The Morgan fingerprint density at radius 3 is 3.00 bits per heavy atom. The monoisotopic (exact) mass is 298 g/mol. The molecule has 0 spiro atoms. The summed E-state index contributed by atoms with van der Waals surface area (Å²) in [7, 11) is 1.61. The zero-order chi connectivity index (χ0) is 15.3. The molecule has 2 heterocycles. The van der Waals surface area contributed by atoms with Gasteiger partial charge in [-0.3, -0.25) is 9.59 Å². The molecule has 0 aromatic heterocycles. The summed E-state index contributed by atoms with van der Waals surface area (Å²) in [5.74, 6) is 0.115. The van der Waals surface area contributed by atoms with Crippen LogP contribution in [0, 0.1) is 0 Å². The number of methoxy groups -OCH3 is 1. The van der Waals surface area contributed by atoms with Crippen LogP contribution in [-0.2, 0) is 19.1 Å². The second-order valence-electron chi connectivity index (χ2n) is 6.11. The van der Waals surface area contributed by atoms with Crippen molar-refractivity contribution in [3.63, 3.8) is 0 Å². The van der Waals surface area contributed by atoms with E-state index in [0.29, 0.717) is 19.6 Å². The fraction of sp³-hybridized carbons (Fsp3) is 0.867. The van der Waals surface area contributed by atoms with E-state index in [1.54, 1.807) is 7.11 Å². The largest absolute Gasteiger partial charge is 0.382 e. The van der Waals surface area contributed by atoms with E-state index in [2.05, 4.69) is 12.2 Å². The smallest absolute Gasteiger partial charge is 0.248 e. The number of rotatable bonds is 5. The number of hydrogen-bond donors (Lipinski definition) is 1. The van der Waals surface area contributed by atoms with E-state index in [1.165, 1.54) is 0 Å². The first kappa shape index (κ1) is 16.2. The van der Waals surface area contributed by atoms with E-state index in [-0.39, 0.29) is 30.0 Å². The molecule has 2 amide bonds. The minimum absolute atomic E-state index is 0.0122. The molecular weight excluding hydrogens is 272 g/mol. The van der Waals surface area contributed by atoms with Gasteiger partial charge in [0.1, 0.15) is 6.61 Å². The Bertz CT molecular complexity index is 388. The Labute approximate surface area is 126 Å². The number of hydrogen-bond acceptors (Lipinski definition) is 4. The van der Waals surface area contributed by atoms with Gasteiger partial charge in [0.15, 0.2) is 0 Å². The summed E-state index contributed by atoms with van der Waals surface area (Å²) in [5.41, 5.74) is -0.298. The number of amides is 2. The number of fused-ring (bicyclic) bond motifs is 1. The maximum Gasteiger partial charge on any atom is 0.248 e. The lowest BCUT2D eigenvalue weighted by atomic mass is 9.81. The van der Waals surface area contributed by atoms with Gasteiger partial charge in [0, 0.05) is 20.1 Å². The summed E-state index contributed by atoms with van der Waals surface area (Å²) < 4.78 is 10.3. The summed E-state index contributed by atoms with van der Waals surface area (Å²) >= 11 is 0. The lowest BCUT2D eigenvalue weighted by Gasteiger charge is -2.47. The number of carbonyl (C=O) groups excluding carboxylic acids is 2. The fourth-order valence-corrected chi connectivity index (χ4v) is 3.42. The van der Waals surface area contributed by atoms with E-state index in [0.717, 1.165) is 32.2 Å². The van der Waals surface area contributed by atoms with E-state index in [4.69, 9.17) is 9.47 Å². The molecule has 2 atom stereocenters. The summed E-state index contributed by atoms with van der Waals surface area (Å²) in [6, 6.07) is 0.0798. The van der Waals surface area contributed by atoms with Crippen LogP contribution in [0.4, 0.5) is 0 Å². The van der Waals surface area contributed by atoms with Gasteiger partial charge in [0.2, 0.25) is 11.8 Å². The Morgan fingerprint density at radius 2 is 2.24 bits per heavy atom. The molecule has 0 aromatic carbocycles. The molecule has 21 heavy (non-hydrogen) atoms. The minimum Gasteiger partial charge on any atom is -0.382 e. The standard InChI is InChI=1S/C15H26N2O4/c1-15-7-4-8-17(14(19)11-21-10-9-20-2)12(15)5-3-6-13(18)16-15/h12H,3-11H2,1-2H3,(H,16,18)/t12-,15-/m0/s1. The van der Waals surface area contributed by atoms with Crippen molar-refractivity contribution in [3.8, 4) is 0 Å². The summed E-state index contributed by atoms with van der Waals surface area (Å²) in [4.78, 5) is 26.1. The summed E-state index contributed by atoms with van der Waals surface area (Å²) in [5, 5.41) is 3.12. The highest BCUT2D eigenvalue weighted by atomic mass is 16.5. The van der Waals surface area contributed by atoms with Crippen LogP contribution < -0.4 is 5.32 Å². The first-order chi connectivity index (χ1) is 10.1. The van der Waals surface area contributed by atoms with Gasteiger partial charge in [-0.1, -0.05) is 0 Å². The highest BCUT2D eigenvalue weighted by Crippen LogP contribution is 2.33. The fourth-order valence-electron chi connectivity index (χ4n) is 3.42. The Balaban J connectivity index is 1.98. The van der Waals surface area contributed by atoms with Gasteiger partial charge < -0.3 is 19.7 Å². The molecule has 2 aliphatic heterocycles. The second kappa shape index (κ2) is 7.22. The third-order valence-corrected chi connectivity index (χ3v) is 4.49. The lowest BCUT2D eigenvalue weighted by molar-refractivity contribution is -0.144. The average Bonchev–Trinajstić information content (AvgIpc) is 2.59. The van der Waals surface area contributed by atoms with Crippen molar-refractivity contribution in [1.82, 2.24) is 10.2 Å². The maximum atomic E-state index is 12.4. The van der Waals surface area contributed by atoms with Gasteiger partial charge in [-0.25, -0.2) is 0 Å². The van der Waals surface area contributed by atoms with Gasteiger partial charge in [0.05, 0.1) is 24.8 Å². The Kier molecular flexibility index (Phi) is 5.58. The van der Waals surface area contributed by atoms with E-state index >= 15 is 0 Å². The van der Waals surface area contributed by atoms with E-state index in [9.17, 15) is 9.59 Å². The zero-order valence-corrected chi connectivity index (χ0v) is 13.0. The third-order valence-electron chi connectivity index (χ3n) is 4.49. The van der Waals surface area contributed by atoms with E-state index in [1.807, 2.05) is 4.90 Å². The van der Waals surface area contributed by atoms with E-state index < -0.39 is 0 Å². The van der Waals surface area contributed by atoms with Crippen molar-refractivity contribution in [3.05, 3.63) is 0 Å². The molecule has 0 aliphatic carbocycles. The Hall–Kier alpha value is -1.14. The number of nitrogens with zero attached hydrogens (tertiary/aromatic N) is 1. The number of nitrogens with one attached hydrogen (secondary N) is 1. The van der Waals surface area contributed by atoms with Crippen molar-refractivity contribution < 1.29 is 19.1 Å². The molecule has 0 aromatic rings. The van der Waals surface area contributed by atoms with Crippen LogP contribution in [0.1, 0.15) is 39.0 Å². The van der Waals surface area contributed by atoms with Crippen molar-refractivity contribution in [2.24, 2.45) is 0 Å². The van der Waals surface area contributed by atoms with Gasteiger partial charge in [-0.05, 0) is 32.6 Å². The normalized spacial score (nSPS) is 29.5. The SMILES string of the molecule is COCCOCC(=O)N1CCC[C@]2(C)NC(=O)CCC[C@H]12. The molecule has 6 nitrogen and oxygen atoms in total. The molecule has 2 saturated heterocycles. The summed E-state index contributed by atoms with van der Waals surface area (Å²) in [6.07, 6.45) is 4.10. The highest BCUT2D eigenvalue weighted by Gasteiger charge is 2.44. The van der Waals surface area contributed by atoms with Crippen LogP contribution in [0.3, 0.4) is 0 Å². The van der Waals surface area contributed by atoms with Crippen molar-refractivity contribution in [2.75, 3.05) is 33.5 Å². The molecule has 2 rings (SSSR count). The molecule has 0 saturated carbocycles. The topological polar surface area (TPSA) is 67.9 Å². The van der Waals surface area contributed by atoms with Crippen LogP contribution >= 0.6 is 0 Å². The molecule has 1 N–H and O–H groups in total. The molecular formula is C15H26N2O4. The minimum atomic E-state index is -0.298. The number of piperidine rings is 1. The molecule has 0 radical (unpaired) electrons. The van der Waals surface area contributed by atoms with Crippen LogP contribution in [0.25, 0.3) is 0 Å². The van der Waals surface area contributed by atoms with Crippen LogP contribution in [-0.4, -0.2) is 61.8 Å². The van der Waals surface area contributed by atoms with Gasteiger partial charge >= 0.3 is 0 Å². The molecule has 0 bridgehead atoms. The summed E-state index contributed by atoms with van der Waals surface area (Å²) in [6.45, 7) is 3.82. The predicted molar refractivity (Wildman–Crippen MR) is 77.8 cm³/mol. The molecule has 2 aliphatic rings. The number of ether oxygens (including phenoxy) is 2. The van der Waals surface area contributed by atoms with Crippen LogP contribution in [0.5, 0.6) is 0 Å². The number of likely N-dealkylation sites (tertiary alicyclic amines) is 1. The number of carbonyl (C=O) groups is 2. The van der Waals surface area contributed by atoms with Crippen LogP contribution in [0.2, 0.25) is 0 Å². The Morgan fingerprint density at radius 1 is 1.43 bits per heavy atom. The molecule has 2 fully saturated rings. The van der Waals surface area contributed by atoms with Gasteiger partial charge in [-0.15, -0.1) is 0 Å². The van der Waals surface area contributed by atoms with Crippen LogP contribution in [0.15, 0.2) is 0 Å². The van der Waals surface area contributed by atoms with Crippen molar-refractivity contribution >= 4 is 11.8 Å². The molecule has 6 heteroatoms. The lowest BCUT2D eigenvalue weighted by Crippen LogP contribution is -2.64. The highest BCUT2D eigenvalue weighted by molar-refractivity contribution is 5.80. The van der Waals surface area contributed by atoms with Crippen molar-refractivity contribution in [2.45, 2.75) is 50.6 Å².